The zero-order valence-electron chi connectivity index (χ0n) is 23.6. The van der Waals surface area contributed by atoms with Gasteiger partial charge in [-0.3, -0.25) is 0 Å². The van der Waals surface area contributed by atoms with Gasteiger partial charge >= 0.3 is 0 Å². The third kappa shape index (κ3) is 3.25. The molecule has 0 heterocycles. The van der Waals surface area contributed by atoms with E-state index in [0.717, 1.165) is 48.7 Å². The molecular weight excluding hydrogens is 400 g/mol. The Balaban J connectivity index is 1.45. The van der Waals surface area contributed by atoms with Crippen molar-refractivity contribution in [2.75, 3.05) is 13.2 Å². The lowest BCUT2D eigenvalue weighted by Crippen LogP contribution is -2.65. The number of rotatable bonds is 4. The third-order valence-electron chi connectivity index (χ3n) is 14.1. The highest BCUT2D eigenvalue weighted by molar-refractivity contribution is 5.19. The first-order valence-corrected chi connectivity index (χ1v) is 15.0. The molecule has 0 bridgehead atoms. The van der Waals surface area contributed by atoms with Crippen molar-refractivity contribution in [3.05, 3.63) is 0 Å². The van der Waals surface area contributed by atoms with Crippen LogP contribution in [-0.4, -0.2) is 13.2 Å². The second-order valence-electron chi connectivity index (χ2n) is 15.4. The number of hydrogen-bond donors (Lipinski definition) is 0. The van der Waals surface area contributed by atoms with Gasteiger partial charge in [0.2, 0.25) is 0 Å². The summed E-state index contributed by atoms with van der Waals surface area (Å²) in [5.41, 5.74) is 2.76. The van der Waals surface area contributed by atoms with Gasteiger partial charge in [0.05, 0.1) is 0 Å². The lowest BCUT2D eigenvalue weighted by atomic mass is 9.32. The van der Waals surface area contributed by atoms with Crippen LogP contribution in [0.15, 0.2) is 0 Å². The third-order valence-corrected chi connectivity index (χ3v) is 14.1. The van der Waals surface area contributed by atoms with Gasteiger partial charge in [0, 0.05) is 13.2 Å². The molecule has 5 fully saturated rings. The van der Waals surface area contributed by atoms with E-state index in [4.69, 9.17) is 4.74 Å². The van der Waals surface area contributed by atoms with E-state index < -0.39 is 0 Å². The smallest absolute Gasteiger partial charge is 0.0494 e. The van der Waals surface area contributed by atoms with Crippen LogP contribution >= 0.6 is 0 Å². The van der Waals surface area contributed by atoms with Crippen LogP contribution in [0.4, 0.5) is 0 Å². The zero-order valence-corrected chi connectivity index (χ0v) is 23.6. The average molecular weight is 457 g/mol. The molecule has 0 radical (unpaired) electrons. The minimum Gasteiger partial charge on any atom is -0.381 e. The molecule has 0 aromatic rings. The Bertz CT molecular complexity index is 741. The van der Waals surface area contributed by atoms with E-state index in [2.05, 4.69) is 55.4 Å². The summed E-state index contributed by atoms with van der Waals surface area (Å²) in [7, 11) is 0. The van der Waals surface area contributed by atoms with Gasteiger partial charge in [-0.2, -0.15) is 0 Å². The summed E-state index contributed by atoms with van der Waals surface area (Å²) in [5, 5.41) is 0. The van der Waals surface area contributed by atoms with Gasteiger partial charge in [0.25, 0.3) is 0 Å². The molecule has 0 unspecified atom stereocenters. The van der Waals surface area contributed by atoms with Gasteiger partial charge in [-0.15, -0.1) is 0 Å². The molecule has 0 amide bonds. The van der Waals surface area contributed by atoms with Crippen LogP contribution in [0.3, 0.4) is 0 Å². The monoisotopic (exact) mass is 456 g/mol. The topological polar surface area (TPSA) is 9.23 Å². The first-order chi connectivity index (χ1) is 15.4. The number of hydrogen-bond acceptors (Lipinski definition) is 1. The fourth-order valence-electron chi connectivity index (χ4n) is 12.4. The van der Waals surface area contributed by atoms with E-state index >= 15 is 0 Å². The predicted octanol–water partition coefficient (Wildman–Crippen LogP) is 9.15. The zero-order chi connectivity index (χ0) is 23.9. The van der Waals surface area contributed by atoms with Crippen LogP contribution < -0.4 is 0 Å². The van der Waals surface area contributed by atoms with Gasteiger partial charge in [0.1, 0.15) is 0 Å². The fraction of sp³-hybridized carbons (Fsp3) is 1.00. The van der Waals surface area contributed by atoms with Crippen LogP contribution in [0.1, 0.15) is 126 Å². The summed E-state index contributed by atoms with van der Waals surface area (Å²) in [6.45, 7) is 22.8. The molecule has 0 saturated heterocycles. The number of ether oxygens (including phenoxy) is 1. The molecular formula is C32H56O. The lowest BCUT2D eigenvalue weighted by Gasteiger charge is -2.73. The Labute approximate surface area is 206 Å². The van der Waals surface area contributed by atoms with Crippen molar-refractivity contribution in [3.63, 3.8) is 0 Å². The molecule has 0 aromatic carbocycles. The molecule has 10 atom stereocenters. The Hall–Kier alpha value is -0.0400. The van der Waals surface area contributed by atoms with Crippen molar-refractivity contribution in [1.29, 1.82) is 0 Å². The van der Waals surface area contributed by atoms with Crippen LogP contribution in [0.5, 0.6) is 0 Å². The standard InChI is InChI=1S/C32H56O/c1-9-33-21-22(2)23-13-18-29(5)24(23)14-19-31(7)26(29)11-12-27-30(6)17-10-16-28(3,4)25(30)15-20-32(27,31)8/h22-27H,9-21H2,1-8H3/t22-,23+,24+,25-,26-,27+,29-,30-,31+,32+/m0/s1. The van der Waals surface area contributed by atoms with Crippen LogP contribution in [-0.2, 0) is 4.74 Å². The Kier molecular flexibility index (Phi) is 5.96. The normalized spacial score (nSPS) is 54.0. The molecule has 0 N–H and O–H groups in total. The van der Waals surface area contributed by atoms with Gasteiger partial charge in [-0.1, -0.05) is 54.9 Å². The van der Waals surface area contributed by atoms with Crippen molar-refractivity contribution in [2.24, 2.45) is 62.6 Å². The van der Waals surface area contributed by atoms with Crippen molar-refractivity contribution < 1.29 is 4.74 Å². The molecule has 0 aromatic heterocycles. The van der Waals surface area contributed by atoms with E-state index in [-0.39, 0.29) is 0 Å². The minimum absolute atomic E-state index is 0.536. The maximum absolute atomic E-state index is 5.91. The van der Waals surface area contributed by atoms with Crippen molar-refractivity contribution in [1.82, 2.24) is 0 Å². The average Bonchev–Trinajstić information content (AvgIpc) is 3.09. The fourth-order valence-corrected chi connectivity index (χ4v) is 12.4. The molecule has 0 spiro atoms. The predicted molar refractivity (Wildman–Crippen MR) is 140 cm³/mol. The van der Waals surface area contributed by atoms with E-state index in [1.165, 1.54) is 70.6 Å². The van der Waals surface area contributed by atoms with Crippen molar-refractivity contribution >= 4 is 0 Å². The molecule has 1 heteroatoms. The number of fused-ring (bicyclic) bond motifs is 7. The SMILES string of the molecule is CCOC[C@H](C)[C@H]1CC[C@@]2(C)[C@@H]1CC[C@]1(C)[C@H]2CC[C@@H]2[C@@]3(C)CCCC(C)(C)[C@@H]3CC[C@]21C. The highest BCUT2D eigenvalue weighted by atomic mass is 16.5. The molecule has 190 valence electrons. The molecule has 1 nitrogen and oxygen atoms in total. The molecule has 33 heavy (non-hydrogen) atoms. The largest absolute Gasteiger partial charge is 0.381 e. The van der Waals surface area contributed by atoms with Gasteiger partial charge in [0.15, 0.2) is 0 Å². The van der Waals surface area contributed by atoms with E-state index in [9.17, 15) is 0 Å². The van der Waals surface area contributed by atoms with Crippen molar-refractivity contribution in [2.45, 2.75) is 126 Å². The van der Waals surface area contributed by atoms with Gasteiger partial charge in [-0.25, -0.2) is 0 Å². The molecule has 0 aliphatic heterocycles. The molecule has 5 aliphatic rings. The second-order valence-corrected chi connectivity index (χ2v) is 15.4. The molecule has 5 saturated carbocycles. The van der Waals surface area contributed by atoms with Crippen LogP contribution in [0, 0.1) is 62.6 Å². The van der Waals surface area contributed by atoms with Gasteiger partial charge in [-0.05, 0) is 134 Å². The van der Waals surface area contributed by atoms with E-state index in [1.54, 1.807) is 0 Å². The molecule has 5 aliphatic carbocycles. The first-order valence-electron chi connectivity index (χ1n) is 15.0. The van der Waals surface area contributed by atoms with Crippen molar-refractivity contribution in [3.8, 4) is 0 Å². The Morgan fingerprint density at radius 3 is 2.00 bits per heavy atom. The van der Waals surface area contributed by atoms with Crippen LogP contribution in [0.25, 0.3) is 0 Å². The van der Waals surface area contributed by atoms with E-state index in [0.29, 0.717) is 27.1 Å². The Morgan fingerprint density at radius 1 is 0.697 bits per heavy atom. The maximum atomic E-state index is 5.91. The highest BCUT2D eigenvalue weighted by Crippen LogP contribution is 2.78. The summed E-state index contributed by atoms with van der Waals surface area (Å²) in [4.78, 5) is 0. The summed E-state index contributed by atoms with van der Waals surface area (Å²) < 4.78 is 5.91. The second kappa shape index (κ2) is 7.98. The highest BCUT2D eigenvalue weighted by Gasteiger charge is 2.70. The first kappa shape index (κ1) is 24.6. The lowest BCUT2D eigenvalue weighted by molar-refractivity contribution is -0.241. The summed E-state index contributed by atoms with van der Waals surface area (Å²) in [6.07, 6.45) is 16.4. The summed E-state index contributed by atoms with van der Waals surface area (Å²) in [6, 6.07) is 0. The summed E-state index contributed by atoms with van der Waals surface area (Å²) >= 11 is 0. The van der Waals surface area contributed by atoms with Crippen LogP contribution in [0.2, 0.25) is 0 Å². The Morgan fingerprint density at radius 2 is 1.33 bits per heavy atom. The maximum Gasteiger partial charge on any atom is 0.0494 e. The minimum atomic E-state index is 0.536. The quantitative estimate of drug-likeness (QED) is 0.409. The van der Waals surface area contributed by atoms with E-state index in [1.807, 2.05) is 0 Å². The summed E-state index contributed by atoms with van der Waals surface area (Å²) in [5.74, 6) is 5.38. The van der Waals surface area contributed by atoms with Gasteiger partial charge < -0.3 is 4.74 Å². The molecule has 5 rings (SSSR count).